The highest BCUT2D eigenvalue weighted by atomic mass is 32.2. The molecule has 1 aliphatic rings. The van der Waals surface area contributed by atoms with Crippen LogP contribution in [0.2, 0.25) is 0 Å². The van der Waals surface area contributed by atoms with Crippen LogP contribution in [0.5, 0.6) is 0 Å². The standard InChI is InChI=1S/C14H14F2N4OS2/c1-7(12(21)18-11-6-8(15)2-5-10(11)16)22-14-20-19-13(23-14)17-9-3-4-9/h2,5-7,9H,3-4H2,1H3,(H,17,19)(H,18,21). The largest absolute Gasteiger partial charge is 0.357 e. The summed E-state index contributed by atoms with van der Waals surface area (Å²) < 4.78 is 27.3. The van der Waals surface area contributed by atoms with Gasteiger partial charge in [0.05, 0.1) is 10.9 Å². The minimum atomic E-state index is -0.677. The molecule has 2 aromatic rings. The second-order valence-corrected chi connectivity index (χ2v) is 7.73. The molecule has 1 fully saturated rings. The Morgan fingerprint density at radius 1 is 1.39 bits per heavy atom. The molecule has 1 atom stereocenters. The first-order valence-electron chi connectivity index (χ1n) is 7.04. The molecular formula is C14H14F2N4OS2. The molecule has 1 aromatic heterocycles. The van der Waals surface area contributed by atoms with Crippen LogP contribution in [-0.4, -0.2) is 27.4 Å². The molecule has 122 valence electrons. The highest BCUT2D eigenvalue weighted by molar-refractivity contribution is 8.02. The maximum absolute atomic E-state index is 13.5. The molecule has 1 saturated carbocycles. The predicted molar refractivity (Wildman–Crippen MR) is 86.9 cm³/mol. The monoisotopic (exact) mass is 356 g/mol. The number of carbonyl (C=O) groups excluding carboxylic acids is 1. The fraction of sp³-hybridized carbons (Fsp3) is 0.357. The normalized spacial score (nSPS) is 15.3. The van der Waals surface area contributed by atoms with Crippen LogP contribution in [0.25, 0.3) is 0 Å². The molecule has 5 nitrogen and oxygen atoms in total. The minimum absolute atomic E-state index is 0.171. The number of amides is 1. The average Bonchev–Trinajstić information content (AvgIpc) is 3.21. The lowest BCUT2D eigenvalue weighted by atomic mass is 10.3. The van der Waals surface area contributed by atoms with Gasteiger partial charge in [-0.25, -0.2) is 8.78 Å². The number of hydrogen-bond acceptors (Lipinski definition) is 6. The van der Waals surface area contributed by atoms with E-state index in [4.69, 9.17) is 0 Å². The van der Waals surface area contributed by atoms with Gasteiger partial charge in [-0.15, -0.1) is 10.2 Å². The molecule has 1 aliphatic carbocycles. The van der Waals surface area contributed by atoms with Crippen molar-refractivity contribution in [1.29, 1.82) is 0 Å². The predicted octanol–water partition coefficient (Wildman–Crippen LogP) is 3.51. The van der Waals surface area contributed by atoms with E-state index in [1.54, 1.807) is 6.92 Å². The average molecular weight is 356 g/mol. The van der Waals surface area contributed by atoms with Crippen molar-refractivity contribution in [1.82, 2.24) is 10.2 Å². The zero-order valence-electron chi connectivity index (χ0n) is 12.2. The molecule has 9 heteroatoms. The number of halogens is 2. The summed E-state index contributed by atoms with van der Waals surface area (Å²) in [6, 6.07) is 3.41. The van der Waals surface area contributed by atoms with Crippen LogP contribution in [0.3, 0.4) is 0 Å². The molecular weight excluding hydrogens is 342 g/mol. The molecule has 0 saturated heterocycles. The van der Waals surface area contributed by atoms with Gasteiger partial charge in [0.2, 0.25) is 11.0 Å². The van der Waals surface area contributed by atoms with E-state index in [2.05, 4.69) is 20.8 Å². The topological polar surface area (TPSA) is 66.9 Å². The van der Waals surface area contributed by atoms with Crippen LogP contribution in [0.15, 0.2) is 22.5 Å². The smallest absolute Gasteiger partial charge is 0.237 e. The molecule has 2 N–H and O–H groups in total. The fourth-order valence-electron chi connectivity index (χ4n) is 1.75. The van der Waals surface area contributed by atoms with Gasteiger partial charge in [0, 0.05) is 12.1 Å². The highest BCUT2D eigenvalue weighted by Crippen LogP contribution is 2.32. The SMILES string of the molecule is CC(Sc1nnc(NC2CC2)s1)C(=O)Nc1cc(F)ccc1F. The minimum Gasteiger partial charge on any atom is -0.357 e. The number of thioether (sulfide) groups is 1. The summed E-state index contributed by atoms with van der Waals surface area (Å²) in [5, 5.41) is 13.9. The molecule has 0 radical (unpaired) electrons. The van der Waals surface area contributed by atoms with Crippen molar-refractivity contribution >= 4 is 39.8 Å². The van der Waals surface area contributed by atoms with Crippen molar-refractivity contribution in [2.75, 3.05) is 10.6 Å². The van der Waals surface area contributed by atoms with Crippen LogP contribution in [0, 0.1) is 11.6 Å². The molecule has 23 heavy (non-hydrogen) atoms. The van der Waals surface area contributed by atoms with Crippen LogP contribution < -0.4 is 10.6 Å². The first-order valence-corrected chi connectivity index (χ1v) is 8.73. The molecule has 1 unspecified atom stereocenters. The van der Waals surface area contributed by atoms with Crippen LogP contribution in [-0.2, 0) is 4.79 Å². The third kappa shape index (κ3) is 4.38. The van der Waals surface area contributed by atoms with E-state index >= 15 is 0 Å². The summed E-state index contributed by atoms with van der Waals surface area (Å²) in [5.74, 6) is -1.71. The highest BCUT2D eigenvalue weighted by Gasteiger charge is 2.23. The van der Waals surface area contributed by atoms with Crippen molar-refractivity contribution in [2.24, 2.45) is 0 Å². The lowest BCUT2D eigenvalue weighted by Gasteiger charge is -2.10. The zero-order valence-corrected chi connectivity index (χ0v) is 13.8. The fourth-order valence-corrected chi connectivity index (χ4v) is 3.72. The lowest BCUT2D eigenvalue weighted by molar-refractivity contribution is -0.115. The molecule has 0 bridgehead atoms. The van der Waals surface area contributed by atoms with Gasteiger partial charge < -0.3 is 10.6 Å². The number of nitrogens with one attached hydrogen (secondary N) is 2. The number of aromatic nitrogens is 2. The first-order chi connectivity index (χ1) is 11.0. The summed E-state index contributed by atoms with van der Waals surface area (Å²) in [6.45, 7) is 1.67. The molecule has 1 amide bonds. The van der Waals surface area contributed by atoms with Gasteiger partial charge in [-0.3, -0.25) is 4.79 Å². The van der Waals surface area contributed by atoms with Gasteiger partial charge in [-0.2, -0.15) is 0 Å². The molecule has 0 aliphatic heterocycles. The number of anilines is 2. The van der Waals surface area contributed by atoms with E-state index in [9.17, 15) is 13.6 Å². The van der Waals surface area contributed by atoms with Crippen molar-refractivity contribution < 1.29 is 13.6 Å². The maximum atomic E-state index is 13.5. The Bertz CT molecular complexity index is 721. The summed E-state index contributed by atoms with van der Waals surface area (Å²) in [7, 11) is 0. The van der Waals surface area contributed by atoms with E-state index < -0.39 is 22.8 Å². The third-order valence-corrected chi connectivity index (χ3v) is 5.18. The number of hydrogen-bond donors (Lipinski definition) is 2. The Hall–Kier alpha value is -1.74. The maximum Gasteiger partial charge on any atom is 0.237 e. The van der Waals surface area contributed by atoms with Gasteiger partial charge in [-0.1, -0.05) is 23.1 Å². The Morgan fingerprint density at radius 3 is 2.91 bits per heavy atom. The van der Waals surface area contributed by atoms with Crippen molar-refractivity contribution in [3.8, 4) is 0 Å². The van der Waals surface area contributed by atoms with Gasteiger partial charge in [-0.05, 0) is 31.9 Å². The molecule has 1 aromatic carbocycles. The van der Waals surface area contributed by atoms with Crippen molar-refractivity contribution in [2.45, 2.75) is 35.4 Å². The zero-order chi connectivity index (χ0) is 16.4. The summed E-state index contributed by atoms with van der Waals surface area (Å²) in [6.07, 6.45) is 2.28. The Morgan fingerprint density at radius 2 is 2.17 bits per heavy atom. The Labute approximate surface area is 139 Å². The van der Waals surface area contributed by atoms with Gasteiger partial charge in [0.15, 0.2) is 4.34 Å². The van der Waals surface area contributed by atoms with Gasteiger partial charge in [0.1, 0.15) is 11.6 Å². The molecule has 0 spiro atoms. The van der Waals surface area contributed by atoms with Crippen LogP contribution in [0.1, 0.15) is 19.8 Å². The second kappa shape index (κ2) is 6.79. The first kappa shape index (κ1) is 16.1. The summed E-state index contributed by atoms with van der Waals surface area (Å²) in [5.41, 5.74) is -0.171. The van der Waals surface area contributed by atoms with E-state index in [1.807, 2.05) is 0 Å². The lowest BCUT2D eigenvalue weighted by Crippen LogP contribution is -2.23. The number of rotatable bonds is 6. The van der Waals surface area contributed by atoms with E-state index in [0.29, 0.717) is 10.4 Å². The van der Waals surface area contributed by atoms with E-state index in [1.165, 1.54) is 23.1 Å². The molecule has 1 heterocycles. The summed E-state index contributed by atoms with van der Waals surface area (Å²) >= 11 is 2.60. The van der Waals surface area contributed by atoms with Gasteiger partial charge >= 0.3 is 0 Å². The number of carbonyl (C=O) groups is 1. The molecule has 3 rings (SSSR count). The van der Waals surface area contributed by atoms with Crippen LogP contribution >= 0.6 is 23.1 Å². The number of benzene rings is 1. The van der Waals surface area contributed by atoms with Crippen molar-refractivity contribution in [3.05, 3.63) is 29.8 Å². The summed E-state index contributed by atoms with van der Waals surface area (Å²) in [4.78, 5) is 12.1. The quantitative estimate of drug-likeness (QED) is 0.776. The van der Waals surface area contributed by atoms with Crippen molar-refractivity contribution in [3.63, 3.8) is 0 Å². The Kier molecular flexibility index (Phi) is 4.76. The van der Waals surface area contributed by atoms with Crippen LogP contribution in [0.4, 0.5) is 19.6 Å². The third-order valence-electron chi connectivity index (χ3n) is 3.14. The number of nitrogens with zero attached hydrogens (tertiary/aromatic N) is 2. The van der Waals surface area contributed by atoms with Gasteiger partial charge in [0.25, 0.3) is 0 Å². The van der Waals surface area contributed by atoms with E-state index in [0.717, 1.165) is 36.2 Å². The van der Waals surface area contributed by atoms with E-state index in [-0.39, 0.29) is 5.69 Å². The Balaban J connectivity index is 1.58. The second-order valence-electron chi connectivity index (χ2n) is 5.17.